The second-order valence-electron chi connectivity index (χ2n) is 3.10. The third-order valence-corrected chi connectivity index (χ3v) is 2.99. The fraction of sp³-hybridized carbons (Fsp3) is 0.400. The Bertz CT molecular complexity index is 354. The summed E-state index contributed by atoms with van der Waals surface area (Å²) >= 11 is 0.982. The van der Waals surface area contributed by atoms with Crippen molar-refractivity contribution in [1.29, 1.82) is 0 Å². The Hall–Kier alpha value is -0.720. The molecule has 0 saturated heterocycles. The molecule has 0 atom stereocenters. The predicted molar refractivity (Wildman–Crippen MR) is 57.1 cm³/mol. The van der Waals surface area contributed by atoms with Gasteiger partial charge in [0.05, 0.1) is 12.2 Å². The molecule has 0 aromatic heterocycles. The van der Waals surface area contributed by atoms with Gasteiger partial charge in [0.25, 0.3) is 0 Å². The molecule has 0 aliphatic carbocycles. The Kier molecular flexibility index (Phi) is 4.64. The zero-order valence-corrected chi connectivity index (χ0v) is 9.24. The van der Waals surface area contributed by atoms with Crippen LogP contribution in [0.3, 0.4) is 0 Å². The minimum atomic E-state index is -4.39. The molecule has 1 aromatic carbocycles. The van der Waals surface area contributed by atoms with Crippen molar-refractivity contribution in [2.24, 2.45) is 5.73 Å². The first-order valence-corrected chi connectivity index (χ1v) is 5.61. The summed E-state index contributed by atoms with van der Waals surface area (Å²) in [5, 5.41) is 8.60. The van der Waals surface area contributed by atoms with Gasteiger partial charge in [-0.3, -0.25) is 0 Å². The van der Waals surface area contributed by atoms with Gasteiger partial charge in [0.2, 0.25) is 0 Å². The smallest absolute Gasteiger partial charge is 0.396 e. The van der Waals surface area contributed by atoms with Gasteiger partial charge in [-0.1, -0.05) is 6.07 Å². The summed E-state index contributed by atoms with van der Waals surface area (Å²) in [6, 6.07) is 4.01. The summed E-state index contributed by atoms with van der Waals surface area (Å²) < 4.78 is 38.0. The molecule has 1 aromatic rings. The summed E-state index contributed by atoms with van der Waals surface area (Å²) in [5.74, 6) is 0.241. The van der Waals surface area contributed by atoms with E-state index in [1.807, 2.05) is 0 Å². The van der Waals surface area contributed by atoms with Gasteiger partial charge in [-0.25, -0.2) is 0 Å². The summed E-state index contributed by atoms with van der Waals surface area (Å²) in [6.45, 7) is -0.0748. The molecule has 3 N–H and O–H groups in total. The van der Waals surface area contributed by atoms with Gasteiger partial charge < -0.3 is 10.8 Å². The highest BCUT2D eigenvalue weighted by Gasteiger charge is 2.33. The van der Waals surface area contributed by atoms with Crippen molar-refractivity contribution in [2.45, 2.75) is 17.6 Å². The number of halogens is 3. The van der Waals surface area contributed by atoms with Crippen molar-refractivity contribution in [2.75, 3.05) is 12.4 Å². The van der Waals surface area contributed by atoms with Crippen LogP contribution < -0.4 is 5.73 Å². The number of rotatable bonds is 4. The molecule has 0 aliphatic rings. The maximum atomic E-state index is 12.7. The predicted octanol–water partition coefficient (Wildman–Crippen LogP) is 2.25. The van der Waals surface area contributed by atoms with E-state index in [4.69, 9.17) is 10.8 Å². The molecule has 0 heterocycles. The van der Waals surface area contributed by atoms with Gasteiger partial charge in [-0.15, -0.1) is 11.8 Å². The lowest BCUT2D eigenvalue weighted by molar-refractivity contribution is -0.139. The molecule has 0 amide bonds. The number of hydrogen-bond donors (Lipinski definition) is 2. The highest BCUT2D eigenvalue weighted by molar-refractivity contribution is 7.99. The van der Waals surface area contributed by atoms with Crippen LogP contribution in [0.25, 0.3) is 0 Å². The average molecular weight is 251 g/mol. The normalized spacial score (nSPS) is 11.8. The molecule has 1 rings (SSSR count). The summed E-state index contributed by atoms with van der Waals surface area (Å²) in [7, 11) is 0. The second kappa shape index (κ2) is 5.56. The van der Waals surface area contributed by atoms with Crippen molar-refractivity contribution >= 4 is 11.8 Å². The van der Waals surface area contributed by atoms with E-state index >= 15 is 0 Å². The number of aliphatic hydroxyl groups is 1. The minimum absolute atomic E-state index is 0.0774. The van der Waals surface area contributed by atoms with Crippen LogP contribution in [-0.2, 0) is 12.7 Å². The maximum absolute atomic E-state index is 12.7. The lowest BCUT2D eigenvalue weighted by Gasteiger charge is -2.13. The maximum Gasteiger partial charge on any atom is 0.417 e. The zero-order chi connectivity index (χ0) is 12.2. The van der Waals surface area contributed by atoms with Gasteiger partial charge in [-0.05, 0) is 17.7 Å². The number of nitrogens with two attached hydrogens (primary N) is 1. The monoisotopic (exact) mass is 251 g/mol. The van der Waals surface area contributed by atoms with Crippen LogP contribution in [0.4, 0.5) is 13.2 Å². The van der Waals surface area contributed by atoms with E-state index in [1.165, 1.54) is 6.07 Å². The fourth-order valence-electron chi connectivity index (χ4n) is 1.21. The minimum Gasteiger partial charge on any atom is -0.396 e. The van der Waals surface area contributed by atoms with Crippen molar-refractivity contribution < 1.29 is 18.3 Å². The fourth-order valence-corrected chi connectivity index (χ4v) is 2.01. The van der Waals surface area contributed by atoms with Crippen LogP contribution in [0.1, 0.15) is 11.1 Å². The Labute approximate surface area is 95.6 Å². The van der Waals surface area contributed by atoms with E-state index in [0.29, 0.717) is 5.56 Å². The molecule has 0 bridgehead atoms. The first kappa shape index (κ1) is 13.3. The Morgan fingerprint density at radius 2 is 2.00 bits per heavy atom. The molecule has 0 spiro atoms. The number of benzene rings is 1. The van der Waals surface area contributed by atoms with Crippen LogP contribution in [-0.4, -0.2) is 17.5 Å². The Balaban J connectivity index is 3.06. The molecule has 0 saturated carbocycles. The standard InChI is InChI=1S/C10H12F3NOS/c11-10(12,13)8-5-7(6-14)1-2-9(8)16-4-3-15/h1-2,5,15H,3-4,6,14H2. The summed E-state index contributed by atoms with van der Waals surface area (Å²) in [6.07, 6.45) is -4.39. The first-order valence-electron chi connectivity index (χ1n) is 4.63. The number of alkyl halides is 3. The van der Waals surface area contributed by atoms with Gasteiger partial charge in [0.1, 0.15) is 0 Å². The van der Waals surface area contributed by atoms with Gasteiger partial charge in [0.15, 0.2) is 0 Å². The van der Waals surface area contributed by atoms with Gasteiger partial charge >= 0.3 is 6.18 Å². The summed E-state index contributed by atoms with van der Waals surface area (Å²) in [4.78, 5) is 0.124. The third-order valence-electron chi connectivity index (χ3n) is 1.93. The molecule has 6 heteroatoms. The van der Waals surface area contributed by atoms with E-state index in [9.17, 15) is 13.2 Å². The Morgan fingerprint density at radius 3 is 2.50 bits per heavy atom. The lowest BCUT2D eigenvalue weighted by Crippen LogP contribution is -2.09. The van der Waals surface area contributed by atoms with Crippen molar-refractivity contribution in [3.8, 4) is 0 Å². The molecule has 0 aliphatic heterocycles. The van der Waals surface area contributed by atoms with Crippen LogP contribution in [0, 0.1) is 0 Å². The Morgan fingerprint density at radius 1 is 1.31 bits per heavy atom. The van der Waals surface area contributed by atoms with Crippen LogP contribution >= 0.6 is 11.8 Å². The number of thioether (sulfide) groups is 1. The van der Waals surface area contributed by atoms with E-state index < -0.39 is 11.7 Å². The molecule has 0 unspecified atom stereocenters. The van der Waals surface area contributed by atoms with Gasteiger partial charge in [-0.2, -0.15) is 13.2 Å². The highest BCUT2D eigenvalue weighted by Crippen LogP contribution is 2.37. The quantitative estimate of drug-likeness (QED) is 0.807. The highest BCUT2D eigenvalue weighted by atomic mass is 32.2. The van der Waals surface area contributed by atoms with E-state index in [2.05, 4.69) is 0 Å². The van der Waals surface area contributed by atoms with Crippen LogP contribution in [0.15, 0.2) is 23.1 Å². The molecular formula is C10H12F3NOS. The topological polar surface area (TPSA) is 46.2 Å². The molecule has 90 valence electrons. The summed E-state index contributed by atoms with van der Waals surface area (Å²) in [5.41, 5.74) is 5.06. The SMILES string of the molecule is NCc1ccc(SCCO)c(C(F)(F)F)c1. The second-order valence-corrected chi connectivity index (χ2v) is 4.24. The zero-order valence-electron chi connectivity index (χ0n) is 8.42. The number of aliphatic hydroxyl groups excluding tert-OH is 1. The third kappa shape index (κ3) is 3.40. The average Bonchev–Trinajstić information content (AvgIpc) is 2.25. The van der Waals surface area contributed by atoms with Crippen molar-refractivity contribution in [3.05, 3.63) is 29.3 Å². The van der Waals surface area contributed by atoms with E-state index in [1.54, 1.807) is 6.07 Å². The van der Waals surface area contributed by atoms with E-state index in [0.717, 1.165) is 17.8 Å². The molecule has 2 nitrogen and oxygen atoms in total. The van der Waals surface area contributed by atoms with Crippen LogP contribution in [0.2, 0.25) is 0 Å². The molecule has 16 heavy (non-hydrogen) atoms. The van der Waals surface area contributed by atoms with Gasteiger partial charge in [0, 0.05) is 17.2 Å². The van der Waals surface area contributed by atoms with Crippen molar-refractivity contribution in [3.63, 3.8) is 0 Å². The van der Waals surface area contributed by atoms with E-state index in [-0.39, 0.29) is 23.8 Å². The molecule has 0 fully saturated rings. The largest absolute Gasteiger partial charge is 0.417 e. The number of hydrogen-bond acceptors (Lipinski definition) is 3. The van der Waals surface area contributed by atoms with Crippen molar-refractivity contribution in [1.82, 2.24) is 0 Å². The lowest BCUT2D eigenvalue weighted by atomic mass is 10.1. The molecular weight excluding hydrogens is 239 g/mol. The van der Waals surface area contributed by atoms with Crippen LogP contribution in [0.5, 0.6) is 0 Å². The molecule has 0 radical (unpaired) electrons. The first-order chi connectivity index (χ1) is 7.49.